The molecule has 0 aromatic rings. The van der Waals surface area contributed by atoms with Crippen molar-refractivity contribution in [3.8, 4) is 0 Å². The van der Waals surface area contributed by atoms with Crippen LogP contribution in [0.4, 0.5) is 0 Å². The molecule has 0 N–H and O–H groups in total. The van der Waals surface area contributed by atoms with Crippen molar-refractivity contribution in [3.05, 3.63) is 182 Å². The minimum absolute atomic E-state index is 0.135. The second kappa shape index (κ2) is 64.0. The van der Waals surface area contributed by atoms with Crippen molar-refractivity contribution in [3.63, 3.8) is 0 Å². The zero-order valence-corrected chi connectivity index (χ0v) is 49.6. The number of allylic oxidation sites excluding steroid dienone is 30. The van der Waals surface area contributed by atoms with Crippen LogP contribution in [-0.4, -0.2) is 37.2 Å². The molecule has 1 unspecified atom stereocenters. The zero-order valence-electron chi connectivity index (χ0n) is 49.6. The van der Waals surface area contributed by atoms with Crippen molar-refractivity contribution in [2.24, 2.45) is 0 Å². The summed E-state index contributed by atoms with van der Waals surface area (Å²) in [4.78, 5) is 38.1. The van der Waals surface area contributed by atoms with Crippen molar-refractivity contribution in [1.29, 1.82) is 0 Å². The Labute approximate surface area is 478 Å². The third-order valence-electron chi connectivity index (χ3n) is 12.1. The molecule has 78 heavy (non-hydrogen) atoms. The molecule has 6 heteroatoms. The fourth-order valence-electron chi connectivity index (χ4n) is 7.59. The molecule has 0 amide bonds. The Bertz CT molecular complexity index is 1850. The lowest BCUT2D eigenvalue weighted by atomic mass is 10.1. The van der Waals surface area contributed by atoms with Gasteiger partial charge in [0.15, 0.2) is 6.10 Å². The molecular weight excluding hydrogens is 961 g/mol. The molecule has 0 heterocycles. The van der Waals surface area contributed by atoms with Crippen molar-refractivity contribution in [2.75, 3.05) is 13.2 Å². The normalized spacial score (nSPS) is 13.4. The van der Waals surface area contributed by atoms with Crippen molar-refractivity contribution in [1.82, 2.24) is 0 Å². The summed E-state index contributed by atoms with van der Waals surface area (Å²) in [5.41, 5.74) is 0. The maximum atomic E-state index is 12.8. The highest BCUT2D eigenvalue weighted by atomic mass is 16.6. The van der Waals surface area contributed by atoms with Gasteiger partial charge < -0.3 is 14.2 Å². The summed E-state index contributed by atoms with van der Waals surface area (Å²) in [5, 5.41) is 0. The second-order valence-electron chi connectivity index (χ2n) is 19.5. The van der Waals surface area contributed by atoms with Crippen LogP contribution in [0, 0.1) is 0 Å². The number of ether oxygens (including phenoxy) is 3. The van der Waals surface area contributed by atoms with E-state index in [-0.39, 0.29) is 50.4 Å². The Morgan fingerprint density at radius 1 is 0.269 bits per heavy atom. The van der Waals surface area contributed by atoms with E-state index in [0.717, 1.165) is 141 Å². The van der Waals surface area contributed by atoms with Gasteiger partial charge in [0.1, 0.15) is 13.2 Å². The molecule has 0 aromatic heterocycles. The largest absolute Gasteiger partial charge is 0.462 e. The minimum Gasteiger partial charge on any atom is -0.462 e. The van der Waals surface area contributed by atoms with Gasteiger partial charge in [0.05, 0.1) is 0 Å². The van der Waals surface area contributed by atoms with E-state index in [1.807, 2.05) is 12.2 Å². The van der Waals surface area contributed by atoms with Crippen LogP contribution in [0.1, 0.15) is 233 Å². The molecule has 6 nitrogen and oxygen atoms in total. The average molecular weight is 1070 g/mol. The third kappa shape index (κ3) is 61.4. The highest BCUT2D eigenvalue weighted by Gasteiger charge is 2.19. The van der Waals surface area contributed by atoms with E-state index < -0.39 is 6.10 Å². The van der Waals surface area contributed by atoms with Gasteiger partial charge in [-0.25, -0.2) is 0 Å². The van der Waals surface area contributed by atoms with Gasteiger partial charge in [0.2, 0.25) is 0 Å². The molecular formula is C72H110O6. The number of carbonyl (C=O) groups is 3. The molecule has 0 rings (SSSR count). The summed E-state index contributed by atoms with van der Waals surface area (Å²) >= 11 is 0. The number of rotatable bonds is 53. The van der Waals surface area contributed by atoms with E-state index in [9.17, 15) is 14.4 Å². The molecule has 0 bridgehead atoms. The van der Waals surface area contributed by atoms with Gasteiger partial charge in [0.25, 0.3) is 0 Å². The molecule has 0 radical (unpaired) electrons. The van der Waals surface area contributed by atoms with Gasteiger partial charge in [-0.05, 0) is 148 Å². The van der Waals surface area contributed by atoms with Gasteiger partial charge in [-0.1, -0.05) is 248 Å². The van der Waals surface area contributed by atoms with Crippen LogP contribution >= 0.6 is 0 Å². The first kappa shape index (κ1) is 72.5. The summed E-state index contributed by atoms with van der Waals surface area (Å²) in [7, 11) is 0. The topological polar surface area (TPSA) is 78.9 Å². The zero-order chi connectivity index (χ0) is 56.4. The standard InChI is InChI=1S/C72H110O6/c1-4-7-10-13-16-19-22-25-27-28-29-30-31-32-33-34-35-36-37-38-39-40-41-42-43-44-45-48-50-53-56-59-62-65-71(74)77-68-69(67-76-70(73)64-61-58-55-52-49-46-24-21-18-15-12-9-6-3)78-72(75)66-63-60-57-54-51-47-26-23-20-17-14-11-8-5-2/h7,9-10,12,16,18-19,21,23,25-27,29-30,32-33,35-36,38-39,41-42,44-46,49-50,53,55,58,69H,4-6,8,11,13-15,17,20,22,24,28,31,34,37,40,43,47-48,51-52,54,56-57,59-68H2,1-3H3/b10-7-,12-9-,19-16-,21-18-,26-23-,27-25-,30-29-,33-32-,36-35-,39-38-,42-41-,45-44-,49-46-,53-50-,58-55-. The van der Waals surface area contributed by atoms with E-state index in [1.165, 1.54) is 38.5 Å². The van der Waals surface area contributed by atoms with Gasteiger partial charge in [-0.15, -0.1) is 0 Å². The van der Waals surface area contributed by atoms with Gasteiger partial charge in [-0.3, -0.25) is 14.4 Å². The number of hydrogen-bond donors (Lipinski definition) is 0. The lowest BCUT2D eigenvalue weighted by Crippen LogP contribution is -2.30. The quantitative estimate of drug-likeness (QED) is 0.0261. The maximum Gasteiger partial charge on any atom is 0.306 e. The summed E-state index contributed by atoms with van der Waals surface area (Å²) in [6, 6.07) is 0. The lowest BCUT2D eigenvalue weighted by molar-refractivity contribution is -0.166. The Balaban J connectivity index is 4.43. The molecule has 0 spiro atoms. The van der Waals surface area contributed by atoms with Gasteiger partial charge in [-0.2, -0.15) is 0 Å². The number of esters is 3. The monoisotopic (exact) mass is 1070 g/mol. The molecule has 0 aliphatic rings. The highest BCUT2D eigenvalue weighted by molar-refractivity contribution is 5.71. The summed E-state index contributed by atoms with van der Waals surface area (Å²) < 4.78 is 16.7. The first-order valence-corrected chi connectivity index (χ1v) is 30.8. The summed E-state index contributed by atoms with van der Waals surface area (Å²) in [6.07, 6.45) is 96.3. The molecule has 0 saturated carbocycles. The highest BCUT2D eigenvalue weighted by Crippen LogP contribution is 2.12. The molecule has 0 aliphatic heterocycles. The number of hydrogen-bond acceptors (Lipinski definition) is 6. The Kier molecular flexibility index (Phi) is 59.5. The fraction of sp³-hybridized carbons (Fsp3) is 0.542. The fourth-order valence-corrected chi connectivity index (χ4v) is 7.59. The van der Waals surface area contributed by atoms with Crippen molar-refractivity contribution in [2.45, 2.75) is 239 Å². The van der Waals surface area contributed by atoms with E-state index in [0.29, 0.717) is 12.8 Å². The van der Waals surface area contributed by atoms with E-state index in [2.05, 4.69) is 191 Å². The van der Waals surface area contributed by atoms with Crippen LogP contribution in [0.3, 0.4) is 0 Å². The smallest absolute Gasteiger partial charge is 0.306 e. The average Bonchev–Trinajstić information content (AvgIpc) is 3.44. The summed E-state index contributed by atoms with van der Waals surface area (Å²) in [5.74, 6) is -1.08. The lowest BCUT2D eigenvalue weighted by Gasteiger charge is -2.18. The Morgan fingerprint density at radius 2 is 0.526 bits per heavy atom. The van der Waals surface area contributed by atoms with E-state index >= 15 is 0 Å². The number of unbranched alkanes of at least 4 members (excludes halogenated alkanes) is 12. The van der Waals surface area contributed by atoms with Crippen molar-refractivity contribution >= 4 is 17.9 Å². The SMILES string of the molecule is CC/C=C\C/C=C\C/C=C\C/C=C\C/C=C\C/C=C\C/C=C\C/C=C\C/C=C\C/C=C\CCCCC(=O)OCC(COC(=O)CC/C=C\C/C=C\C/C=C\C/C=C\CC)OC(=O)CCCCCCC/C=C\CCCCCCC. The second-order valence-corrected chi connectivity index (χ2v) is 19.5. The van der Waals surface area contributed by atoms with Crippen LogP contribution in [0.15, 0.2) is 182 Å². The maximum absolute atomic E-state index is 12.8. The van der Waals surface area contributed by atoms with Crippen LogP contribution in [0.5, 0.6) is 0 Å². The van der Waals surface area contributed by atoms with E-state index in [1.54, 1.807) is 0 Å². The van der Waals surface area contributed by atoms with Crippen LogP contribution < -0.4 is 0 Å². The summed E-state index contributed by atoms with van der Waals surface area (Å²) in [6.45, 7) is 6.27. The van der Waals surface area contributed by atoms with Crippen molar-refractivity contribution < 1.29 is 28.6 Å². The molecule has 0 saturated heterocycles. The minimum atomic E-state index is -0.839. The molecule has 0 aromatic carbocycles. The Hall–Kier alpha value is -5.49. The van der Waals surface area contributed by atoms with Crippen LogP contribution in [0.2, 0.25) is 0 Å². The van der Waals surface area contributed by atoms with Crippen LogP contribution in [0.25, 0.3) is 0 Å². The molecule has 1 atom stereocenters. The predicted molar refractivity (Wildman–Crippen MR) is 338 cm³/mol. The predicted octanol–water partition coefficient (Wildman–Crippen LogP) is 21.3. The Morgan fingerprint density at radius 3 is 0.897 bits per heavy atom. The van der Waals surface area contributed by atoms with Crippen LogP contribution in [-0.2, 0) is 28.6 Å². The molecule has 0 fully saturated rings. The molecule has 0 aliphatic carbocycles. The first-order chi connectivity index (χ1) is 38.5. The van der Waals surface area contributed by atoms with Gasteiger partial charge in [0, 0.05) is 19.3 Å². The first-order valence-electron chi connectivity index (χ1n) is 30.8. The van der Waals surface area contributed by atoms with E-state index in [4.69, 9.17) is 14.2 Å². The molecule has 434 valence electrons. The third-order valence-corrected chi connectivity index (χ3v) is 12.1. The van der Waals surface area contributed by atoms with Gasteiger partial charge >= 0.3 is 17.9 Å². The number of carbonyl (C=O) groups excluding carboxylic acids is 3.